The van der Waals surface area contributed by atoms with E-state index in [0.717, 1.165) is 6.07 Å². The largest absolute Gasteiger partial charge is 0.392 e. The molecule has 1 aromatic carbocycles. The molecule has 0 amide bonds. The Kier molecular flexibility index (Phi) is 1.96. The summed E-state index contributed by atoms with van der Waals surface area (Å²) in [5, 5.41) is 8.92. The molecular weight excluding hydrogens is 190 g/mol. The zero-order chi connectivity index (χ0) is 10.3. The molecule has 0 fully saturated rings. The van der Waals surface area contributed by atoms with Crippen molar-refractivity contribution < 1.29 is 13.9 Å². The first-order valence-corrected chi connectivity index (χ1v) is 4.04. The number of hydrogen-bond acceptors (Lipinski definition) is 2. The van der Waals surface area contributed by atoms with Crippen molar-refractivity contribution >= 4 is 11.0 Å². The third-order valence-electron chi connectivity index (χ3n) is 2.13. The van der Waals surface area contributed by atoms with Gasteiger partial charge in [-0.3, -0.25) is 0 Å². The van der Waals surface area contributed by atoms with E-state index in [4.69, 9.17) is 5.11 Å². The van der Waals surface area contributed by atoms with Gasteiger partial charge in [-0.2, -0.15) is 0 Å². The van der Waals surface area contributed by atoms with Gasteiger partial charge in [0.2, 0.25) is 0 Å². The minimum absolute atomic E-state index is 0.0778. The monoisotopic (exact) mass is 198 g/mol. The van der Waals surface area contributed by atoms with Gasteiger partial charge in [0.1, 0.15) is 5.52 Å². The van der Waals surface area contributed by atoms with Gasteiger partial charge in [-0.15, -0.1) is 0 Å². The molecule has 0 saturated carbocycles. The number of hydrogen-bond donors (Lipinski definition) is 1. The van der Waals surface area contributed by atoms with Gasteiger partial charge in [0.25, 0.3) is 0 Å². The van der Waals surface area contributed by atoms with Crippen molar-refractivity contribution in [2.24, 2.45) is 7.05 Å². The molecule has 0 aliphatic carbocycles. The van der Waals surface area contributed by atoms with Crippen molar-refractivity contribution in [3.8, 4) is 0 Å². The first-order valence-electron chi connectivity index (χ1n) is 4.04. The summed E-state index contributed by atoms with van der Waals surface area (Å²) < 4.78 is 27.7. The number of imidazole rings is 1. The first-order chi connectivity index (χ1) is 6.65. The predicted molar refractivity (Wildman–Crippen MR) is 46.6 cm³/mol. The van der Waals surface area contributed by atoms with E-state index in [0.29, 0.717) is 11.1 Å². The second-order valence-electron chi connectivity index (χ2n) is 3.04. The molecule has 0 radical (unpaired) electrons. The fraction of sp³-hybridized carbons (Fsp3) is 0.222. The lowest BCUT2D eigenvalue weighted by molar-refractivity contribution is 0.282. The normalized spacial score (nSPS) is 11.1. The molecule has 1 N–H and O–H groups in total. The van der Waals surface area contributed by atoms with Crippen LogP contribution >= 0.6 is 0 Å². The standard InChI is InChI=1S/C9H8F2N2O/c1-13-4-12-8-5(3-14)2-6(10)7(11)9(8)13/h2,4,14H,3H2,1H3. The van der Waals surface area contributed by atoms with Gasteiger partial charge < -0.3 is 9.67 Å². The minimum atomic E-state index is -0.967. The summed E-state index contributed by atoms with van der Waals surface area (Å²) in [6.07, 6.45) is 1.38. The Morgan fingerprint density at radius 2 is 2.21 bits per heavy atom. The van der Waals surface area contributed by atoms with E-state index in [9.17, 15) is 8.78 Å². The van der Waals surface area contributed by atoms with Gasteiger partial charge in [-0.25, -0.2) is 13.8 Å². The minimum Gasteiger partial charge on any atom is -0.392 e. The van der Waals surface area contributed by atoms with E-state index in [1.165, 1.54) is 10.9 Å². The van der Waals surface area contributed by atoms with Crippen molar-refractivity contribution in [2.45, 2.75) is 6.61 Å². The number of fused-ring (bicyclic) bond motifs is 1. The second kappa shape index (κ2) is 3.02. The van der Waals surface area contributed by atoms with Crippen LogP contribution in [0.5, 0.6) is 0 Å². The molecule has 0 atom stereocenters. The third kappa shape index (κ3) is 1.09. The van der Waals surface area contributed by atoms with Crippen LogP contribution in [0.1, 0.15) is 5.56 Å². The molecule has 74 valence electrons. The highest BCUT2D eigenvalue weighted by molar-refractivity contribution is 5.79. The fourth-order valence-electron chi connectivity index (χ4n) is 1.44. The van der Waals surface area contributed by atoms with E-state index in [2.05, 4.69) is 4.98 Å². The SMILES string of the molecule is Cn1cnc2c(CO)cc(F)c(F)c21. The maximum Gasteiger partial charge on any atom is 0.184 e. The summed E-state index contributed by atoms with van der Waals surface area (Å²) in [7, 11) is 1.57. The molecule has 0 spiro atoms. The Hall–Kier alpha value is -1.49. The van der Waals surface area contributed by atoms with E-state index >= 15 is 0 Å². The molecule has 5 heteroatoms. The topological polar surface area (TPSA) is 38.0 Å². The molecule has 1 heterocycles. The fourth-order valence-corrected chi connectivity index (χ4v) is 1.44. The van der Waals surface area contributed by atoms with Crippen LogP contribution in [0.4, 0.5) is 8.78 Å². The Bertz CT molecular complexity index is 493. The Morgan fingerprint density at radius 3 is 2.86 bits per heavy atom. The summed E-state index contributed by atoms with van der Waals surface area (Å²) in [5.74, 6) is -1.90. The number of rotatable bonds is 1. The zero-order valence-electron chi connectivity index (χ0n) is 7.46. The Balaban J connectivity index is 2.92. The molecule has 0 unspecified atom stereocenters. The van der Waals surface area contributed by atoms with Crippen molar-refractivity contribution in [1.29, 1.82) is 0 Å². The molecule has 2 aromatic rings. The van der Waals surface area contributed by atoms with E-state index < -0.39 is 11.6 Å². The predicted octanol–water partition coefficient (Wildman–Crippen LogP) is 1.34. The molecule has 14 heavy (non-hydrogen) atoms. The number of aliphatic hydroxyl groups is 1. The van der Waals surface area contributed by atoms with Gasteiger partial charge in [0.15, 0.2) is 11.6 Å². The summed E-state index contributed by atoms with van der Waals surface area (Å²) >= 11 is 0. The van der Waals surface area contributed by atoms with E-state index in [-0.39, 0.29) is 12.1 Å². The van der Waals surface area contributed by atoms with Gasteiger partial charge in [-0.05, 0) is 6.07 Å². The van der Waals surface area contributed by atoms with Gasteiger partial charge in [0.05, 0.1) is 18.5 Å². The van der Waals surface area contributed by atoms with Gasteiger partial charge in [-0.1, -0.05) is 0 Å². The quantitative estimate of drug-likeness (QED) is 0.750. The highest BCUT2D eigenvalue weighted by Crippen LogP contribution is 2.22. The maximum atomic E-state index is 13.3. The van der Waals surface area contributed by atoms with Crippen LogP contribution in [0.15, 0.2) is 12.4 Å². The van der Waals surface area contributed by atoms with E-state index in [1.54, 1.807) is 7.05 Å². The van der Waals surface area contributed by atoms with Crippen LogP contribution in [-0.2, 0) is 13.7 Å². The number of aryl methyl sites for hydroxylation is 1. The summed E-state index contributed by atoms with van der Waals surface area (Å²) in [4.78, 5) is 3.89. The van der Waals surface area contributed by atoms with Crippen LogP contribution in [0.2, 0.25) is 0 Å². The van der Waals surface area contributed by atoms with Crippen molar-refractivity contribution in [3.05, 3.63) is 29.6 Å². The second-order valence-corrected chi connectivity index (χ2v) is 3.04. The average Bonchev–Trinajstić information content (AvgIpc) is 2.54. The van der Waals surface area contributed by atoms with Crippen molar-refractivity contribution in [1.82, 2.24) is 9.55 Å². The Morgan fingerprint density at radius 1 is 1.50 bits per heavy atom. The zero-order valence-corrected chi connectivity index (χ0v) is 7.46. The maximum absolute atomic E-state index is 13.3. The van der Waals surface area contributed by atoms with Crippen molar-refractivity contribution in [2.75, 3.05) is 0 Å². The highest BCUT2D eigenvalue weighted by atomic mass is 19.2. The smallest absolute Gasteiger partial charge is 0.184 e. The first kappa shape index (κ1) is 9.08. The molecule has 0 aliphatic heterocycles. The van der Waals surface area contributed by atoms with Crippen LogP contribution in [0, 0.1) is 11.6 Å². The number of aliphatic hydroxyl groups excluding tert-OH is 1. The van der Waals surface area contributed by atoms with Gasteiger partial charge >= 0.3 is 0 Å². The molecule has 0 aliphatic rings. The summed E-state index contributed by atoms with van der Waals surface area (Å²) in [6, 6.07) is 0.963. The number of aromatic nitrogens is 2. The van der Waals surface area contributed by atoms with Crippen molar-refractivity contribution in [3.63, 3.8) is 0 Å². The van der Waals surface area contributed by atoms with Crippen LogP contribution in [0.25, 0.3) is 11.0 Å². The van der Waals surface area contributed by atoms with Crippen LogP contribution in [0.3, 0.4) is 0 Å². The van der Waals surface area contributed by atoms with E-state index in [1.807, 2.05) is 0 Å². The molecular formula is C9H8F2N2O. The summed E-state index contributed by atoms with van der Waals surface area (Å²) in [6.45, 7) is -0.356. The molecule has 1 aromatic heterocycles. The van der Waals surface area contributed by atoms with Gasteiger partial charge in [0, 0.05) is 12.6 Å². The lowest BCUT2D eigenvalue weighted by Crippen LogP contribution is -1.96. The third-order valence-corrected chi connectivity index (χ3v) is 2.13. The number of nitrogens with zero attached hydrogens (tertiary/aromatic N) is 2. The average molecular weight is 198 g/mol. The van der Waals surface area contributed by atoms with Crippen LogP contribution in [-0.4, -0.2) is 14.7 Å². The highest BCUT2D eigenvalue weighted by Gasteiger charge is 2.15. The van der Waals surface area contributed by atoms with Crippen LogP contribution < -0.4 is 0 Å². The molecule has 2 rings (SSSR count). The summed E-state index contributed by atoms with van der Waals surface area (Å²) in [5.41, 5.74) is 0.669. The molecule has 0 saturated heterocycles. The molecule has 3 nitrogen and oxygen atoms in total. The lowest BCUT2D eigenvalue weighted by atomic mass is 10.2. The number of benzene rings is 1. The Labute approximate surface area is 78.6 Å². The molecule has 0 bridgehead atoms. The lowest BCUT2D eigenvalue weighted by Gasteiger charge is -2.02. The number of halogens is 2.